The number of rotatable bonds is 6. The van der Waals surface area contributed by atoms with Crippen molar-refractivity contribution in [2.24, 2.45) is 0 Å². The summed E-state index contributed by atoms with van der Waals surface area (Å²) >= 11 is 9.28. The Labute approximate surface area is 183 Å². The lowest BCUT2D eigenvalue weighted by Crippen LogP contribution is -2.14. The number of halogens is 2. The van der Waals surface area contributed by atoms with Crippen LogP contribution in [0.3, 0.4) is 0 Å². The molecule has 0 aromatic heterocycles. The van der Waals surface area contributed by atoms with E-state index in [1.807, 2.05) is 6.92 Å². The van der Waals surface area contributed by atoms with Crippen molar-refractivity contribution >= 4 is 59.0 Å². The van der Waals surface area contributed by atoms with Gasteiger partial charge in [-0.15, -0.1) is 0 Å². The highest BCUT2D eigenvalue weighted by Crippen LogP contribution is 2.24. The standard InChI is InChI=1S/C19H16BrClN2O4S2/c1-13-2-5-16(12-19(13)21)23-29(26,27)18-10-6-15(7-11-18)22-28(24,25)17-8-3-14(20)4-9-17/h2-12,22-23H,1H3. The topological polar surface area (TPSA) is 92.3 Å². The molecule has 0 bridgehead atoms. The van der Waals surface area contributed by atoms with E-state index < -0.39 is 20.0 Å². The van der Waals surface area contributed by atoms with Crippen LogP contribution in [0, 0.1) is 6.92 Å². The van der Waals surface area contributed by atoms with Crippen molar-refractivity contribution in [3.05, 3.63) is 81.8 Å². The molecule has 152 valence electrons. The molecule has 6 nitrogen and oxygen atoms in total. The molecule has 10 heteroatoms. The molecule has 2 N–H and O–H groups in total. The highest BCUT2D eigenvalue weighted by molar-refractivity contribution is 9.10. The number of sulfonamides is 2. The van der Waals surface area contributed by atoms with Gasteiger partial charge in [-0.3, -0.25) is 9.44 Å². The number of nitrogens with one attached hydrogen (secondary N) is 2. The second-order valence-corrected chi connectivity index (χ2v) is 10.8. The summed E-state index contributed by atoms with van der Waals surface area (Å²) in [5.74, 6) is 0. The van der Waals surface area contributed by atoms with Crippen LogP contribution in [-0.4, -0.2) is 16.8 Å². The van der Waals surface area contributed by atoms with Gasteiger partial charge in [-0.25, -0.2) is 16.8 Å². The fraction of sp³-hybridized carbons (Fsp3) is 0.0526. The molecule has 3 aromatic rings. The van der Waals surface area contributed by atoms with Gasteiger partial charge in [0.1, 0.15) is 0 Å². The second-order valence-electron chi connectivity index (χ2n) is 6.15. The van der Waals surface area contributed by atoms with Crippen LogP contribution in [-0.2, 0) is 20.0 Å². The van der Waals surface area contributed by atoms with Crippen molar-refractivity contribution in [1.82, 2.24) is 0 Å². The summed E-state index contributed by atoms with van der Waals surface area (Å²) in [6.45, 7) is 1.81. The summed E-state index contributed by atoms with van der Waals surface area (Å²) in [6, 6.07) is 16.4. The monoisotopic (exact) mass is 514 g/mol. The number of hydrogen-bond donors (Lipinski definition) is 2. The zero-order valence-corrected chi connectivity index (χ0v) is 19.0. The first kappa shape index (κ1) is 21.6. The Hall–Kier alpha value is -2.07. The fourth-order valence-corrected chi connectivity index (χ4v) is 4.95. The van der Waals surface area contributed by atoms with Crippen molar-refractivity contribution in [2.45, 2.75) is 16.7 Å². The molecule has 0 aliphatic rings. The largest absolute Gasteiger partial charge is 0.280 e. The summed E-state index contributed by atoms with van der Waals surface area (Å²) in [7, 11) is -7.64. The molecule has 0 atom stereocenters. The van der Waals surface area contributed by atoms with Crippen LogP contribution in [0.1, 0.15) is 5.56 Å². The minimum absolute atomic E-state index is 0.0132. The Morgan fingerprint density at radius 1 is 0.724 bits per heavy atom. The lowest BCUT2D eigenvalue weighted by Gasteiger charge is -2.11. The third kappa shape index (κ3) is 5.30. The minimum atomic E-state index is -3.85. The van der Waals surface area contributed by atoms with Crippen LogP contribution in [0.15, 0.2) is 81.0 Å². The average molecular weight is 516 g/mol. The zero-order valence-electron chi connectivity index (χ0n) is 15.1. The molecule has 29 heavy (non-hydrogen) atoms. The lowest BCUT2D eigenvalue weighted by molar-refractivity contribution is 0.600. The maximum Gasteiger partial charge on any atom is 0.261 e. The molecule has 3 aromatic carbocycles. The van der Waals surface area contributed by atoms with Gasteiger partial charge >= 0.3 is 0 Å². The molecule has 0 saturated heterocycles. The Balaban J connectivity index is 1.78. The highest BCUT2D eigenvalue weighted by atomic mass is 79.9. The quantitative estimate of drug-likeness (QED) is 0.482. The van der Waals surface area contributed by atoms with Gasteiger partial charge in [-0.05, 0) is 73.2 Å². The Morgan fingerprint density at radius 2 is 1.17 bits per heavy atom. The van der Waals surface area contributed by atoms with Gasteiger partial charge in [0.25, 0.3) is 20.0 Å². The van der Waals surface area contributed by atoms with Crippen LogP contribution in [0.5, 0.6) is 0 Å². The van der Waals surface area contributed by atoms with Gasteiger partial charge in [0.05, 0.1) is 15.5 Å². The van der Waals surface area contributed by atoms with Gasteiger partial charge in [0.15, 0.2) is 0 Å². The predicted octanol–water partition coefficient (Wildman–Crippen LogP) is 5.01. The van der Waals surface area contributed by atoms with E-state index in [0.29, 0.717) is 10.7 Å². The van der Waals surface area contributed by atoms with Gasteiger partial charge < -0.3 is 0 Å². The number of aryl methyl sites for hydroxylation is 1. The van der Waals surface area contributed by atoms with Gasteiger partial charge in [-0.2, -0.15) is 0 Å². The summed E-state index contributed by atoms with van der Waals surface area (Å²) < 4.78 is 55.6. The highest BCUT2D eigenvalue weighted by Gasteiger charge is 2.17. The maximum absolute atomic E-state index is 12.6. The predicted molar refractivity (Wildman–Crippen MR) is 118 cm³/mol. The third-order valence-electron chi connectivity index (χ3n) is 3.96. The van der Waals surface area contributed by atoms with Gasteiger partial charge in [0.2, 0.25) is 0 Å². The number of anilines is 2. The van der Waals surface area contributed by atoms with E-state index in [2.05, 4.69) is 25.4 Å². The summed E-state index contributed by atoms with van der Waals surface area (Å²) in [6.07, 6.45) is 0. The zero-order chi connectivity index (χ0) is 21.2. The summed E-state index contributed by atoms with van der Waals surface area (Å²) in [4.78, 5) is 0.0797. The van der Waals surface area contributed by atoms with E-state index >= 15 is 0 Å². The molecule has 0 unspecified atom stereocenters. The van der Waals surface area contributed by atoms with E-state index in [9.17, 15) is 16.8 Å². The van der Waals surface area contributed by atoms with Crippen molar-refractivity contribution in [3.63, 3.8) is 0 Å². The van der Waals surface area contributed by atoms with Crippen molar-refractivity contribution < 1.29 is 16.8 Å². The molecule has 0 fully saturated rings. The molecule has 0 aliphatic heterocycles. The van der Waals surface area contributed by atoms with E-state index in [-0.39, 0.29) is 15.5 Å². The number of hydrogen-bond acceptors (Lipinski definition) is 4. The molecule has 0 radical (unpaired) electrons. The summed E-state index contributed by atoms with van der Waals surface area (Å²) in [5.41, 5.74) is 1.41. The first-order valence-electron chi connectivity index (χ1n) is 8.24. The van der Waals surface area contributed by atoms with Crippen molar-refractivity contribution in [2.75, 3.05) is 9.44 Å². The van der Waals surface area contributed by atoms with E-state index in [1.165, 1.54) is 42.5 Å². The van der Waals surface area contributed by atoms with Crippen LogP contribution in [0.25, 0.3) is 0 Å². The van der Waals surface area contributed by atoms with Crippen molar-refractivity contribution in [1.29, 1.82) is 0 Å². The SMILES string of the molecule is Cc1ccc(NS(=O)(=O)c2ccc(NS(=O)(=O)c3ccc(Br)cc3)cc2)cc1Cl. The molecule has 0 amide bonds. The third-order valence-corrected chi connectivity index (χ3v) is 7.70. The molecule has 3 rings (SSSR count). The molecule has 0 heterocycles. The van der Waals surface area contributed by atoms with Crippen LogP contribution < -0.4 is 9.44 Å². The molecule has 0 aliphatic carbocycles. The van der Waals surface area contributed by atoms with Crippen LogP contribution in [0.2, 0.25) is 5.02 Å². The first-order valence-corrected chi connectivity index (χ1v) is 12.4. The fourth-order valence-electron chi connectivity index (χ4n) is 2.40. The maximum atomic E-state index is 12.6. The van der Waals surface area contributed by atoms with E-state index in [4.69, 9.17) is 11.6 Å². The van der Waals surface area contributed by atoms with Crippen molar-refractivity contribution in [3.8, 4) is 0 Å². The van der Waals surface area contributed by atoms with E-state index in [1.54, 1.807) is 24.3 Å². The average Bonchev–Trinajstić information content (AvgIpc) is 2.65. The Morgan fingerprint density at radius 3 is 1.69 bits per heavy atom. The second kappa shape index (κ2) is 8.35. The summed E-state index contributed by atoms with van der Waals surface area (Å²) in [5, 5.41) is 0.447. The molecular formula is C19H16BrClN2O4S2. The Bertz CT molecular complexity index is 1240. The number of benzene rings is 3. The van der Waals surface area contributed by atoms with Crippen LogP contribution in [0.4, 0.5) is 11.4 Å². The van der Waals surface area contributed by atoms with Crippen LogP contribution >= 0.6 is 27.5 Å². The molecule has 0 saturated carbocycles. The lowest BCUT2D eigenvalue weighted by atomic mass is 10.2. The van der Waals surface area contributed by atoms with Gasteiger partial charge in [0, 0.05) is 15.2 Å². The molecule has 0 spiro atoms. The van der Waals surface area contributed by atoms with Gasteiger partial charge in [-0.1, -0.05) is 33.6 Å². The minimum Gasteiger partial charge on any atom is -0.280 e. The normalized spacial score (nSPS) is 11.8. The molecular weight excluding hydrogens is 500 g/mol. The Kier molecular flexibility index (Phi) is 6.23. The smallest absolute Gasteiger partial charge is 0.261 e. The first-order chi connectivity index (χ1) is 13.6. The van der Waals surface area contributed by atoms with E-state index in [0.717, 1.165) is 10.0 Å².